The van der Waals surface area contributed by atoms with Gasteiger partial charge >= 0.3 is 0 Å². The van der Waals surface area contributed by atoms with Crippen molar-refractivity contribution in [1.29, 1.82) is 0 Å². The SMILES string of the molecule is N1[SiH2]S[SiH2]S[SiH2]1. The molecule has 36 valence electrons. The predicted octanol–water partition coefficient (Wildman–Crippen LogP) is -1.95. The molecule has 6 heavy (non-hydrogen) atoms. The van der Waals surface area contributed by atoms with E-state index < -0.39 is 0 Å². The molecule has 0 unspecified atom stereocenters. The highest BCUT2D eigenvalue weighted by Crippen LogP contribution is 2.06. The van der Waals surface area contributed by atoms with Crippen LogP contribution in [0.25, 0.3) is 0 Å². The Morgan fingerprint density at radius 3 is 2.00 bits per heavy atom. The fourth-order valence-electron chi connectivity index (χ4n) is 0.328. The van der Waals surface area contributed by atoms with Crippen molar-refractivity contribution in [2.24, 2.45) is 0 Å². The van der Waals surface area contributed by atoms with Gasteiger partial charge in [0, 0.05) is 0 Å². The first-order chi connectivity index (χ1) is 3.00. The van der Waals surface area contributed by atoms with Crippen LogP contribution < -0.4 is 4.65 Å². The highest BCUT2D eigenvalue weighted by Gasteiger charge is 1.96. The van der Waals surface area contributed by atoms with Gasteiger partial charge in [0.05, 0.1) is 0 Å². The summed E-state index contributed by atoms with van der Waals surface area (Å²) in [6, 6.07) is 0. The quantitative estimate of drug-likeness (QED) is 0.424. The summed E-state index contributed by atoms with van der Waals surface area (Å²) in [5.74, 6) is 0. The zero-order chi connectivity index (χ0) is 4.24. The third-order valence-electron chi connectivity index (χ3n) is 0.575. The largest absolute Gasteiger partial charge is 0.353 e. The van der Waals surface area contributed by atoms with E-state index in [4.69, 9.17) is 0 Å². The lowest BCUT2D eigenvalue weighted by atomic mass is 13.9. The first-order valence-corrected chi connectivity index (χ1v) is 12.5. The lowest BCUT2D eigenvalue weighted by Crippen LogP contribution is -2.24. The van der Waals surface area contributed by atoms with Crippen molar-refractivity contribution >= 4 is 46.8 Å². The molecule has 0 aromatic carbocycles. The van der Waals surface area contributed by atoms with Crippen LogP contribution >= 0.6 is 21.3 Å². The van der Waals surface area contributed by atoms with Gasteiger partial charge < -0.3 is 4.65 Å². The van der Waals surface area contributed by atoms with Gasteiger partial charge in [0.25, 0.3) is 0 Å². The van der Waals surface area contributed by atoms with Crippen molar-refractivity contribution in [2.45, 2.75) is 0 Å². The van der Waals surface area contributed by atoms with Gasteiger partial charge in [-0.05, 0) is 0 Å². The van der Waals surface area contributed by atoms with E-state index in [1.165, 1.54) is 0 Å². The molecule has 6 heteroatoms. The molecule has 1 fully saturated rings. The van der Waals surface area contributed by atoms with Gasteiger partial charge in [-0.25, -0.2) is 0 Å². The Morgan fingerprint density at radius 2 is 1.83 bits per heavy atom. The van der Waals surface area contributed by atoms with Crippen LogP contribution in [0.5, 0.6) is 0 Å². The zero-order valence-corrected chi connectivity index (χ0v) is 9.31. The molecule has 1 nitrogen and oxygen atoms in total. The third-order valence-corrected chi connectivity index (χ3v) is 24.5. The molecule has 1 N–H and O–H groups in total. The summed E-state index contributed by atoms with van der Waals surface area (Å²) in [6.45, 7) is 0. The van der Waals surface area contributed by atoms with E-state index in [-0.39, 0.29) is 17.7 Å². The van der Waals surface area contributed by atoms with Gasteiger partial charge in [0.2, 0.25) is 0 Å². The first kappa shape index (κ1) is 5.45. The molecule has 0 aliphatic carbocycles. The van der Waals surface area contributed by atoms with Crippen LogP contribution in [0.15, 0.2) is 0 Å². The van der Waals surface area contributed by atoms with Gasteiger partial charge in [-0.15, -0.1) is 0 Å². The van der Waals surface area contributed by atoms with Gasteiger partial charge in [0.1, 0.15) is 25.5 Å². The monoisotopic (exact) mass is 169 g/mol. The minimum Gasteiger partial charge on any atom is -0.353 e. The molecule has 1 saturated heterocycles. The van der Waals surface area contributed by atoms with E-state index in [1.807, 2.05) is 0 Å². The molecule has 0 atom stereocenters. The molecule has 0 radical (unpaired) electrons. The Morgan fingerprint density at radius 1 is 1.17 bits per heavy atom. The molecule has 1 aliphatic rings. The maximum Gasteiger partial charge on any atom is 0.143 e. The van der Waals surface area contributed by atoms with Crippen molar-refractivity contribution in [3.8, 4) is 0 Å². The van der Waals surface area contributed by atoms with E-state index in [0.29, 0.717) is 7.82 Å². The van der Waals surface area contributed by atoms with Gasteiger partial charge in [-0.2, -0.15) is 21.3 Å². The summed E-state index contributed by atoms with van der Waals surface area (Å²) in [6.07, 6.45) is 0. The van der Waals surface area contributed by atoms with E-state index in [0.717, 1.165) is 0 Å². The van der Waals surface area contributed by atoms with Crippen LogP contribution in [0.3, 0.4) is 0 Å². The standard InChI is InChI=1S/H7NS2Si3/c1-4-2-6-3-5-1/h1H,4-6H2. The van der Waals surface area contributed by atoms with E-state index in [9.17, 15) is 0 Å². The smallest absolute Gasteiger partial charge is 0.143 e. The summed E-state index contributed by atoms with van der Waals surface area (Å²) < 4.78 is 3.52. The van der Waals surface area contributed by atoms with Crippen LogP contribution in [0.1, 0.15) is 0 Å². The Labute approximate surface area is 51.6 Å². The minimum absolute atomic E-state index is 0.278. The molecule has 1 aliphatic heterocycles. The molecule has 1 rings (SSSR count). The Bertz CT molecular complexity index is 24.3. The van der Waals surface area contributed by atoms with Gasteiger partial charge in [-0.3, -0.25) is 0 Å². The van der Waals surface area contributed by atoms with Crippen molar-refractivity contribution in [3.05, 3.63) is 0 Å². The fourth-order valence-corrected chi connectivity index (χ4v) is 36.1. The van der Waals surface area contributed by atoms with Gasteiger partial charge in [-0.1, -0.05) is 0 Å². The molecule has 0 saturated carbocycles. The number of rotatable bonds is 0. The van der Waals surface area contributed by atoms with Crippen LogP contribution in [-0.4, -0.2) is 25.5 Å². The lowest BCUT2D eigenvalue weighted by molar-refractivity contribution is 1.66. The highest BCUT2D eigenvalue weighted by atomic mass is 32.7. The van der Waals surface area contributed by atoms with Crippen molar-refractivity contribution in [3.63, 3.8) is 0 Å². The topological polar surface area (TPSA) is 12.0 Å². The Kier molecular flexibility index (Phi) is 3.02. The fraction of sp³-hybridized carbons (Fsp3) is 0. The summed E-state index contributed by atoms with van der Waals surface area (Å²) in [4.78, 5) is 0. The van der Waals surface area contributed by atoms with Crippen molar-refractivity contribution < 1.29 is 0 Å². The summed E-state index contributed by atoms with van der Waals surface area (Å²) in [5, 5.41) is 0. The summed E-state index contributed by atoms with van der Waals surface area (Å²) >= 11 is 0. The Balaban J connectivity index is 2.00. The summed E-state index contributed by atoms with van der Waals surface area (Å²) in [5.41, 5.74) is 0. The van der Waals surface area contributed by atoms with Crippen molar-refractivity contribution in [2.75, 3.05) is 0 Å². The van der Waals surface area contributed by atoms with E-state index >= 15 is 0 Å². The molecule has 0 amide bonds. The lowest BCUT2D eigenvalue weighted by Gasteiger charge is -2.06. The normalized spacial score (nSPS) is 36.0. The number of hydrogen-bond donors (Lipinski definition) is 1. The average molecular weight is 169 g/mol. The highest BCUT2D eigenvalue weighted by molar-refractivity contribution is 8.66. The van der Waals surface area contributed by atoms with E-state index in [2.05, 4.69) is 26.0 Å². The van der Waals surface area contributed by atoms with Crippen LogP contribution in [-0.2, 0) is 0 Å². The summed E-state index contributed by atoms with van der Waals surface area (Å²) in [7, 11) is 5.48. The maximum absolute atomic E-state index is 3.52. The first-order valence-electron chi connectivity index (χ1n) is 1.86. The second kappa shape index (κ2) is 3.33. The molecular formula is H7NS2Si3. The van der Waals surface area contributed by atoms with Crippen molar-refractivity contribution in [1.82, 2.24) is 4.65 Å². The third kappa shape index (κ3) is 1.85. The zero-order valence-electron chi connectivity index (χ0n) is 3.44. The van der Waals surface area contributed by atoms with Crippen LogP contribution in [0.2, 0.25) is 0 Å². The number of hydrogen-bond acceptors (Lipinski definition) is 3. The Hall–Kier alpha value is 1.31. The average Bonchev–Trinajstić information content (AvgIpc) is 1.72. The molecule has 0 aromatic heterocycles. The molecule has 0 spiro atoms. The molecule has 1 heterocycles. The molecular weight excluding hydrogens is 162 g/mol. The maximum atomic E-state index is 3.52. The molecule has 0 bridgehead atoms. The van der Waals surface area contributed by atoms with Gasteiger partial charge in [0.15, 0.2) is 0 Å². The second-order valence-corrected chi connectivity index (χ2v) is 19.1. The molecule has 0 aromatic rings. The second-order valence-electron chi connectivity index (χ2n) is 1.06. The minimum atomic E-state index is 0.278. The van der Waals surface area contributed by atoms with E-state index in [1.54, 1.807) is 0 Å². The van der Waals surface area contributed by atoms with Crippen LogP contribution in [0.4, 0.5) is 0 Å². The predicted molar refractivity (Wildman–Crippen MR) is 43.9 cm³/mol. The number of nitrogens with one attached hydrogen (secondary N) is 1. The van der Waals surface area contributed by atoms with Crippen LogP contribution in [0, 0.1) is 0 Å².